The van der Waals surface area contributed by atoms with E-state index >= 15 is 0 Å². The van der Waals surface area contributed by atoms with Crippen molar-refractivity contribution >= 4 is 0 Å². The fourth-order valence-corrected chi connectivity index (χ4v) is 13.3. The van der Waals surface area contributed by atoms with Crippen molar-refractivity contribution in [2.24, 2.45) is 0 Å². The zero-order valence-corrected chi connectivity index (χ0v) is 53.2. The average Bonchev–Trinajstić information content (AvgIpc) is 0.787. The fraction of sp³-hybridized carbons (Fsp3) is 1.00. The predicted molar refractivity (Wildman–Crippen MR) is 298 cm³/mol. The monoisotopic (exact) mass is 1410 g/mol. The molecule has 0 radical (unpaired) electrons. The van der Waals surface area contributed by atoms with Crippen LogP contribution in [0.15, 0.2) is 0 Å². The maximum atomic E-state index is 11.9. The topological polar surface area (TPSA) is 587 Å². The minimum Gasteiger partial charge on any atom is -0.394 e. The van der Waals surface area contributed by atoms with Crippen LogP contribution in [-0.4, -0.2) is 445 Å². The van der Waals surface area contributed by atoms with Crippen LogP contribution >= 0.6 is 0 Å². The number of aliphatic hydroxyl groups excluding tert-OH is 19. The van der Waals surface area contributed by atoms with Gasteiger partial charge in [-0.2, -0.15) is 0 Å². The van der Waals surface area contributed by atoms with Crippen molar-refractivity contribution in [2.45, 2.75) is 246 Å². The molecule has 96 heavy (non-hydrogen) atoms. The van der Waals surface area contributed by atoms with Gasteiger partial charge in [0.1, 0.15) is 195 Å². The highest BCUT2D eigenvalue weighted by Crippen LogP contribution is 2.40. The smallest absolute Gasteiger partial charge is 0.187 e. The maximum Gasteiger partial charge on any atom is 0.187 e. The molecule has 40 atom stereocenters. The van der Waals surface area contributed by atoms with Gasteiger partial charge in [0, 0.05) is 49.8 Å². The molecule has 0 bridgehead atoms. The van der Waals surface area contributed by atoms with E-state index in [0.717, 1.165) is 35.5 Å². The highest BCUT2D eigenvalue weighted by Gasteiger charge is 2.60. The third-order valence-corrected chi connectivity index (χ3v) is 18.4. The molecule has 8 fully saturated rings. The van der Waals surface area contributed by atoms with Gasteiger partial charge in [0.25, 0.3) is 0 Å². The first kappa shape index (κ1) is 80.1. The highest BCUT2D eigenvalue weighted by molar-refractivity contribution is 5.03. The molecule has 41 heteroatoms. The van der Waals surface area contributed by atoms with Gasteiger partial charge in [-0.15, -0.1) is 0 Å². The van der Waals surface area contributed by atoms with Crippen LogP contribution < -0.4 is 0 Å². The molecule has 0 saturated carbocycles. The number of ether oxygens (including phenoxy) is 22. The zero-order chi connectivity index (χ0) is 70.3. The van der Waals surface area contributed by atoms with E-state index in [0.29, 0.717) is 0 Å². The van der Waals surface area contributed by atoms with Gasteiger partial charge in [-0.05, 0) is 0 Å². The zero-order valence-electron chi connectivity index (χ0n) is 53.2. The molecule has 8 heterocycles. The number of aliphatic hydroxyl groups is 19. The van der Waals surface area contributed by atoms with E-state index in [1.807, 2.05) is 0 Å². The van der Waals surface area contributed by atoms with E-state index in [1.54, 1.807) is 0 Å². The predicted octanol–water partition coefficient (Wildman–Crippen LogP) is -13.9. The molecule has 0 amide bonds. The minimum absolute atomic E-state index is 0.736. The Morgan fingerprint density at radius 2 is 0.354 bits per heavy atom. The Kier molecular flexibility index (Phi) is 30.2. The molecule has 8 saturated heterocycles. The first-order chi connectivity index (χ1) is 46.0. The first-order valence-corrected chi connectivity index (χ1v) is 30.9. The summed E-state index contributed by atoms with van der Waals surface area (Å²) in [5.74, 6) is 0. The third-order valence-electron chi connectivity index (χ3n) is 18.4. The maximum absolute atomic E-state index is 11.9. The van der Waals surface area contributed by atoms with Crippen molar-refractivity contribution in [3.63, 3.8) is 0 Å². The Hall–Kier alpha value is -1.64. The van der Waals surface area contributed by atoms with Crippen molar-refractivity contribution in [1.82, 2.24) is 0 Å². The quantitative estimate of drug-likeness (QED) is 0.0331. The van der Waals surface area contributed by atoms with Crippen LogP contribution in [0, 0.1) is 0 Å². The van der Waals surface area contributed by atoms with E-state index < -0.39 is 299 Å². The third kappa shape index (κ3) is 16.5. The highest BCUT2D eigenvalue weighted by atomic mass is 16.8. The average molecular weight is 1410 g/mol. The molecule has 0 aliphatic carbocycles. The molecule has 8 rings (SSSR count). The van der Waals surface area contributed by atoms with E-state index in [4.69, 9.17) is 104 Å². The van der Waals surface area contributed by atoms with Gasteiger partial charge in [0.15, 0.2) is 50.3 Å². The summed E-state index contributed by atoms with van der Waals surface area (Å²) in [4.78, 5) is 0. The van der Waals surface area contributed by atoms with Crippen molar-refractivity contribution in [1.29, 1.82) is 0 Å². The van der Waals surface area contributed by atoms with Gasteiger partial charge < -0.3 is 201 Å². The Balaban J connectivity index is 0.901. The second-order valence-corrected chi connectivity index (χ2v) is 23.8. The van der Waals surface area contributed by atoms with Crippen LogP contribution in [0.2, 0.25) is 0 Å². The van der Waals surface area contributed by atoms with Crippen LogP contribution in [0.4, 0.5) is 0 Å². The lowest BCUT2D eigenvalue weighted by atomic mass is 9.94. The lowest BCUT2D eigenvalue weighted by molar-refractivity contribution is -0.401. The Morgan fingerprint density at radius 3 is 0.542 bits per heavy atom. The molecule has 0 aromatic rings. The van der Waals surface area contributed by atoms with Gasteiger partial charge >= 0.3 is 0 Å². The Bertz CT molecular complexity index is 2260. The fourth-order valence-electron chi connectivity index (χ4n) is 13.3. The molecule has 1 unspecified atom stereocenters. The largest absolute Gasteiger partial charge is 0.394 e. The second-order valence-electron chi connectivity index (χ2n) is 23.8. The molecule has 562 valence electrons. The SMILES string of the molecule is CO[C@@H]1[C@H](O)[C@@H](O[C@H]2[C@H](OC)[C@@H](O)[C@@H](O[C@H]3[C@H](OC)[C@H](O)[C@@H](O[C@H]4[C@H](OC)[C@H](O)[C@@H](O[C@H]5[C@H](OC)[C@H](O)[C@@H](O[C@H]6[C@H](OC)[C@H](O)[C@@H](O[C@H]7[C@H](OC)[C@H](O)C(O)O[C@@H]7CO)O[C@@H]6CO)O[C@@H]5CO)O[C@@H]4CO)O[C@@H]3CO)O[C@@H]2CO)O[C@H](CO)[C@H]1O[C@H]1O[C@H](CO)[C@@H](O)[C@H](O)[C@@H]1O. The molecule has 8 aliphatic heterocycles. The summed E-state index contributed by atoms with van der Waals surface area (Å²) in [5, 5.41) is 206. The van der Waals surface area contributed by atoms with Gasteiger partial charge in [-0.1, -0.05) is 0 Å². The van der Waals surface area contributed by atoms with Crippen LogP contribution in [0.1, 0.15) is 0 Å². The van der Waals surface area contributed by atoms with E-state index in [1.165, 1.54) is 14.2 Å². The van der Waals surface area contributed by atoms with Crippen molar-refractivity contribution < 1.29 is 201 Å². The number of hydrogen-bond donors (Lipinski definition) is 19. The van der Waals surface area contributed by atoms with E-state index in [2.05, 4.69) is 0 Å². The van der Waals surface area contributed by atoms with Crippen LogP contribution in [0.5, 0.6) is 0 Å². The first-order valence-electron chi connectivity index (χ1n) is 30.9. The van der Waals surface area contributed by atoms with Gasteiger partial charge in [-0.25, -0.2) is 0 Å². The van der Waals surface area contributed by atoms with Crippen molar-refractivity contribution in [3.8, 4) is 0 Å². The number of rotatable bonds is 29. The summed E-state index contributed by atoms with van der Waals surface area (Å²) in [6, 6.07) is 0. The summed E-state index contributed by atoms with van der Waals surface area (Å²) in [5.41, 5.74) is 0. The lowest BCUT2D eigenvalue weighted by Crippen LogP contribution is -2.69. The number of hydrogen-bond acceptors (Lipinski definition) is 41. The van der Waals surface area contributed by atoms with Crippen molar-refractivity contribution in [2.75, 3.05) is 103 Å². The molecule has 41 nitrogen and oxygen atoms in total. The molecule has 0 spiro atoms. The second kappa shape index (κ2) is 36.2. The van der Waals surface area contributed by atoms with Gasteiger partial charge in [0.05, 0.1) is 52.9 Å². The van der Waals surface area contributed by atoms with E-state index in [9.17, 15) is 97.0 Å². The molecule has 0 aromatic heterocycles. The lowest BCUT2D eigenvalue weighted by Gasteiger charge is -2.51. The normalized spacial score (nSPS) is 50.6. The Labute approximate surface area is 548 Å². The van der Waals surface area contributed by atoms with Gasteiger partial charge in [0.2, 0.25) is 0 Å². The summed E-state index contributed by atoms with van der Waals surface area (Å²) >= 11 is 0. The van der Waals surface area contributed by atoms with Crippen LogP contribution in [0.25, 0.3) is 0 Å². The summed E-state index contributed by atoms with van der Waals surface area (Å²) in [7, 11) is 8.08. The molecule has 0 aromatic carbocycles. The van der Waals surface area contributed by atoms with E-state index in [-0.39, 0.29) is 0 Å². The summed E-state index contributed by atoms with van der Waals surface area (Å²) < 4.78 is 128. The van der Waals surface area contributed by atoms with Crippen LogP contribution in [0.3, 0.4) is 0 Å². The summed E-state index contributed by atoms with van der Waals surface area (Å²) in [6.07, 6.45) is -65.2. The molecular formula is C55H96O41. The molecule has 8 aliphatic rings. The standard InChI is InChI=1S/C55H96O41/c1-75-41-27(67)48(74)82-17(9-57)34(41)91-50-29(69)43(77-3)36(19(11-59)85-50)93-52-31(71)45(79-5)38(21(13-61)87-52)95-54-33(73)47(81-7)40(23(15-63)89-54)96-55-32(72)46(80-6)39(22(14-62)88-55)94-53-30(70)44(78-4)37(20(12-60)86-53)92-51-28(68)42(76-2)35(18(10-58)84-51)90-49-26(66)25(65)24(64)16(8-56)83-49/h16-74H,8-15H2,1-7H3/t16-,17-,18-,19-,20-,21-,22-,23-,24-,25+,26+,27+,28+,29+,30-,31+,32+,33+,34-,35-,36-,37-,38-,39-,40-,41-,42-,43-,44-,45-,46-,47-,48?,49-,50-,51-,52-,53-,54-,55-/m1/s1. The van der Waals surface area contributed by atoms with Crippen molar-refractivity contribution in [3.05, 3.63) is 0 Å². The Morgan fingerprint density at radius 1 is 0.188 bits per heavy atom. The molecular weight excluding hydrogens is 1320 g/mol. The van der Waals surface area contributed by atoms with Crippen LogP contribution in [-0.2, 0) is 104 Å². The minimum atomic E-state index is -1.90. The summed E-state index contributed by atoms with van der Waals surface area (Å²) in [6.45, 7) is -6.80. The molecule has 19 N–H and O–H groups in total. The number of methoxy groups -OCH3 is 7. The van der Waals surface area contributed by atoms with Gasteiger partial charge in [-0.3, -0.25) is 0 Å².